The first-order valence-electron chi connectivity index (χ1n) is 9.47. The van der Waals surface area contributed by atoms with Crippen LogP contribution in [0.2, 0.25) is 0 Å². The summed E-state index contributed by atoms with van der Waals surface area (Å²) in [5, 5.41) is 0. The van der Waals surface area contributed by atoms with Crippen molar-refractivity contribution < 1.29 is 8.42 Å². The van der Waals surface area contributed by atoms with Gasteiger partial charge in [-0.2, -0.15) is 0 Å². The average molecular weight is 361 g/mol. The van der Waals surface area contributed by atoms with Crippen molar-refractivity contribution in [2.24, 2.45) is 11.8 Å². The van der Waals surface area contributed by atoms with Gasteiger partial charge in [0.25, 0.3) is 0 Å². The van der Waals surface area contributed by atoms with E-state index in [-0.39, 0.29) is 0 Å². The number of allylic oxidation sites excluding steroid dienone is 1. The Labute approximate surface area is 151 Å². The summed E-state index contributed by atoms with van der Waals surface area (Å²) in [6, 6.07) is 8.97. The molecule has 1 aliphatic carbocycles. The second-order valence-corrected chi connectivity index (χ2v) is 9.82. The fourth-order valence-electron chi connectivity index (χ4n) is 4.61. The fourth-order valence-corrected chi connectivity index (χ4v) is 5.51. The van der Waals surface area contributed by atoms with Crippen LogP contribution in [0.5, 0.6) is 0 Å². The molecule has 2 fully saturated rings. The summed E-state index contributed by atoms with van der Waals surface area (Å²) < 4.78 is 25.3. The lowest BCUT2D eigenvalue weighted by atomic mass is 9.90. The molecule has 4 nitrogen and oxygen atoms in total. The molecular formula is C20H28N2O2S. The molecule has 0 saturated carbocycles. The Morgan fingerprint density at radius 3 is 2.48 bits per heavy atom. The van der Waals surface area contributed by atoms with E-state index in [0.29, 0.717) is 24.9 Å². The number of hydrogen-bond donors (Lipinski definition) is 0. The van der Waals surface area contributed by atoms with Gasteiger partial charge in [0, 0.05) is 25.6 Å². The number of fused-ring (bicyclic) bond motifs is 1. The minimum Gasteiger partial charge on any atom is -0.303 e. The highest BCUT2D eigenvalue weighted by atomic mass is 32.2. The van der Waals surface area contributed by atoms with Gasteiger partial charge in [-0.1, -0.05) is 30.3 Å². The smallest absolute Gasteiger partial charge is 0.211 e. The van der Waals surface area contributed by atoms with Crippen molar-refractivity contribution in [3.05, 3.63) is 41.5 Å². The summed E-state index contributed by atoms with van der Waals surface area (Å²) in [6.45, 7) is 5.00. The van der Waals surface area contributed by atoms with Crippen molar-refractivity contribution in [3.63, 3.8) is 0 Å². The highest BCUT2D eigenvalue weighted by Gasteiger charge is 2.41. The Morgan fingerprint density at radius 2 is 1.80 bits per heavy atom. The molecule has 0 aromatic heterocycles. The van der Waals surface area contributed by atoms with Crippen molar-refractivity contribution >= 4 is 15.6 Å². The van der Waals surface area contributed by atoms with Gasteiger partial charge >= 0.3 is 0 Å². The van der Waals surface area contributed by atoms with Crippen LogP contribution in [-0.2, 0) is 16.4 Å². The zero-order valence-electron chi connectivity index (χ0n) is 15.0. The van der Waals surface area contributed by atoms with Crippen LogP contribution in [0.1, 0.15) is 30.4 Å². The molecule has 0 N–H and O–H groups in total. The summed E-state index contributed by atoms with van der Waals surface area (Å²) >= 11 is 0. The lowest BCUT2D eigenvalue weighted by Gasteiger charge is -2.16. The van der Waals surface area contributed by atoms with Gasteiger partial charge in [-0.15, -0.1) is 0 Å². The normalized spacial score (nSPS) is 27.6. The Morgan fingerprint density at radius 1 is 1.08 bits per heavy atom. The quantitative estimate of drug-likeness (QED) is 0.810. The minimum atomic E-state index is -3.07. The molecule has 2 atom stereocenters. The average Bonchev–Trinajstić information content (AvgIpc) is 3.29. The second-order valence-electron chi connectivity index (χ2n) is 7.84. The number of benzene rings is 1. The van der Waals surface area contributed by atoms with E-state index >= 15 is 0 Å². The van der Waals surface area contributed by atoms with Gasteiger partial charge in [-0.25, -0.2) is 12.7 Å². The first kappa shape index (κ1) is 17.3. The first-order chi connectivity index (χ1) is 12.0. The van der Waals surface area contributed by atoms with E-state index in [4.69, 9.17) is 0 Å². The lowest BCUT2D eigenvalue weighted by molar-refractivity contribution is 0.343. The van der Waals surface area contributed by atoms with Gasteiger partial charge < -0.3 is 4.90 Å². The zero-order chi connectivity index (χ0) is 17.4. The third-order valence-electron chi connectivity index (χ3n) is 6.12. The minimum absolute atomic E-state index is 0.366. The number of nitrogens with zero attached hydrogens (tertiary/aromatic N) is 2. The maximum absolute atomic E-state index is 11.8. The predicted octanol–water partition coefficient (Wildman–Crippen LogP) is 2.62. The lowest BCUT2D eigenvalue weighted by Crippen LogP contribution is -2.28. The molecule has 4 rings (SSSR count). The predicted molar refractivity (Wildman–Crippen MR) is 102 cm³/mol. The first-order valence-corrected chi connectivity index (χ1v) is 11.3. The topological polar surface area (TPSA) is 40.6 Å². The molecule has 2 aliphatic heterocycles. The van der Waals surface area contributed by atoms with Crippen molar-refractivity contribution in [1.29, 1.82) is 0 Å². The van der Waals surface area contributed by atoms with E-state index in [2.05, 4.69) is 35.2 Å². The van der Waals surface area contributed by atoms with Gasteiger partial charge in [0.2, 0.25) is 10.0 Å². The van der Waals surface area contributed by atoms with Crippen molar-refractivity contribution in [2.45, 2.75) is 25.7 Å². The highest BCUT2D eigenvalue weighted by molar-refractivity contribution is 7.88. The van der Waals surface area contributed by atoms with Crippen LogP contribution in [0.3, 0.4) is 0 Å². The van der Waals surface area contributed by atoms with Crippen LogP contribution in [-0.4, -0.2) is 56.6 Å². The molecule has 136 valence electrons. The van der Waals surface area contributed by atoms with E-state index in [1.54, 1.807) is 4.31 Å². The second kappa shape index (κ2) is 6.86. The summed E-state index contributed by atoms with van der Waals surface area (Å²) in [4.78, 5) is 2.55. The zero-order valence-corrected chi connectivity index (χ0v) is 15.8. The number of hydrogen-bond acceptors (Lipinski definition) is 3. The summed E-state index contributed by atoms with van der Waals surface area (Å²) in [5.41, 5.74) is 4.02. The van der Waals surface area contributed by atoms with Crippen LogP contribution in [0.25, 0.3) is 5.57 Å². The third-order valence-corrected chi connectivity index (χ3v) is 7.36. The molecule has 0 amide bonds. The summed E-state index contributed by atoms with van der Waals surface area (Å²) in [7, 11) is -3.07. The van der Waals surface area contributed by atoms with E-state index in [9.17, 15) is 8.42 Å². The molecule has 0 radical (unpaired) electrons. The number of sulfonamides is 1. The van der Waals surface area contributed by atoms with Crippen LogP contribution in [0.4, 0.5) is 0 Å². The molecule has 2 saturated heterocycles. The molecular weight excluding hydrogens is 332 g/mol. The molecule has 25 heavy (non-hydrogen) atoms. The molecule has 3 aliphatic rings. The van der Waals surface area contributed by atoms with Gasteiger partial charge in [-0.05, 0) is 61.4 Å². The highest BCUT2D eigenvalue weighted by Crippen LogP contribution is 2.43. The Hall–Kier alpha value is -1.17. The monoisotopic (exact) mass is 360 g/mol. The standard InChI is InChI=1S/C20H28N2O2S/c1-25(23,24)22-14-18-8-9-19(20(18)15-22)17-6-4-16(5-7-17)10-13-21-11-2-3-12-21/h4-7,9,18,20H,2-3,8,10-15H2,1H3/t18-,20+/m1/s1. The van der Waals surface area contributed by atoms with Gasteiger partial charge in [0.1, 0.15) is 0 Å². The Kier molecular flexibility index (Phi) is 4.73. The van der Waals surface area contributed by atoms with Gasteiger partial charge in [0.15, 0.2) is 0 Å². The van der Waals surface area contributed by atoms with Crippen molar-refractivity contribution in [3.8, 4) is 0 Å². The van der Waals surface area contributed by atoms with E-state index in [0.717, 1.165) is 19.4 Å². The molecule has 0 bridgehead atoms. The molecule has 0 unspecified atom stereocenters. The molecule has 2 heterocycles. The number of rotatable bonds is 5. The maximum Gasteiger partial charge on any atom is 0.211 e. The Balaban J connectivity index is 1.40. The van der Waals surface area contributed by atoms with Crippen molar-refractivity contribution in [1.82, 2.24) is 9.21 Å². The van der Waals surface area contributed by atoms with E-state index in [1.165, 1.54) is 48.9 Å². The van der Waals surface area contributed by atoms with Gasteiger partial charge in [-0.3, -0.25) is 0 Å². The van der Waals surface area contributed by atoms with Crippen LogP contribution in [0.15, 0.2) is 30.3 Å². The third kappa shape index (κ3) is 3.69. The molecule has 1 aromatic carbocycles. The largest absolute Gasteiger partial charge is 0.303 e. The van der Waals surface area contributed by atoms with Crippen molar-refractivity contribution in [2.75, 3.05) is 39.0 Å². The molecule has 0 spiro atoms. The SMILES string of the molecule is CS(=O)(=O)N1C[C@H]2CC=C(c3ccc(CCN4CCCC4)cc3)[C@H]2C1. The van der Waals surface area contributed by atoms with Crippen LogP contribution < -0.4 is 0 Å². The van der Waals surface area contributed by atoms with E-state index in [1.807, 2.05) is 0 Å². The molecule has 1 aromatic rings. The molecule has 5 heteroatoms. The van der Waals surface area contributed by atoms with E-state index < -0.39 is 10.0 Å². The maximum atomic E-state index is 11.8. The fraction of sp³-hybridized carbons (Fsp3) is 0.600. The summed E-state index contributed by atoms with van der Waals surface area (Å²) in [5.74, 6) is 0.824. The van der Waals surface area contributed by atoms with Crippen LogP contribution >= 0.6 is 0 Å². The summed E-state index contributed by atoms with van der Waals surface area (Å²) in [6.07, 6.45) is 8.47. The number of likely N-dealkylation sites (tertiary alicyclic amines) is 1. The van der Waals surface area contributed by atoms with Gasteiger partial charge in [0.05, 0.1) is 6.26 Å². The van der Waals surface area contributed by atoms with Crippen LogP contribution in [0, 0.1) is 11.8 Å². The Bertz CT molecular complexity index is 748.